The first-order chi connectivity index (χ1) is 17.2. The molecule has 2 N–H and O–H groups in total. The van der Waals surface area contributed by atoms with Crippen molar-refractivity contribution in [1.82, 2.24) is 15.5 Å². The van der Waals surface area contributed by atoms with Gasteiger partial charge in [0.25, 0.3) is 5.91 Å². The summed E-state index contributed by atoms with van der Waals surface area (Å²) in [6.45, 7) is 6.69. The van der Waals surface area contributed by atoms with Crippen molar-refractivity contribution in [3.8, 4) is 0 Å². The number of hydrogen-bond acceptors (Lipinski definition) is 4. The predicted molar refractivity (Wildman–Crippen MR) is 139 cm³/mol. The number of rotatable bonds is 7. The van der Waals surface area contributed by atoms with Crippen LogP contribution in [-0.4, -0.2) is 56.1 Å². The van der Waals surface area contributed by atoms with Crippen LogP contribution in [0.15, 0.2) is 78.9 Å². The van der Waals surface area contributed by atoms with Crippen LogP contribution in [0.25, 0.3) is 0 Å². The van der Waals surface area contributed by atoms with Crippen molar-refractivity contribution in [2.24, 2.45) is 0 Å². The predicted octanol–water partition coefficient (Wildman–Crippen LogP) is 3.47. The smallest absolute Gasteiger partial charge is 0.321 e. The molecule has 35 heavy (non-hydrogen) atoms. The Kier molecular flexibility index (Phi) is 6.95. The molecule has 0 unspecified atom stereocenters. The lowest BCUT2D eigenvalue weighted by Crippen LogP contribution is -2.46. The second kappa shape index (κ2) is 10.6. The van der Waals surface area contributed by atoms with Crippen molar-refractivity contribution >= 4 is 23.3 Å². The van der Waals surface area contributed by atoms with Crippen LogP contribution in [-0.2, 0) is 13.1 Å². The molecule has 0 bridgehead atoms. The Morgan fingerprint density at radius 2 is 1.46 bits per heavy atom. The van der Waals surface area contributed by atoms with Crippen LogP contribution in [0, 0.1) is 0 Å². The number of anilines is 2. The normalized spacial score (nSPS) is 16.3. The summed E-state index contributed by atoms with van der Waals surface area (Å²) in [7, 11) is 0. The lowest BCUT2D eigenvalue weighted by atomic mass is 10.1. The van der Waals surface area contributed by atoms with Gasteiger partial charge in [0.1, 0.15) is 0 Å². The van der Waals surface area contributed by atoms with Gasteiger partial charge in [0.05, 0.1) is 0 Å². The second-order valence-corrected chi connectivity index (χ2v) is 8.98. The quantitative estimate of drug-likeness (QED) is 0.556. The van der Waals surface area contributed by atoms with Gasteiger partial charge in [-0.05, 0) is 47.5 Å². The minimum absolute atomic E-state index is 0.0970. The Hall–Kier alpha value is -3.84. The van der Waals surface area contributed by atoms with Crippen LogP contribution >= 0.6 is 0 Å². The molecular formula is C28H31N5O2. The topological polar surface area (TPSA) is 67.9 Å². The summed E-state index contributed by atoms with van der Waals surface area (Å²) in [6.07, 6.45) is 0. The third kappa shape index (κ3) is 5.46. The summed E-state index contributed by atoms with van der Waals surface area (Å²) < 4.78 is 0. The van der Waals surface area contributed by atoms with Crippen LogP contribution in [0.4, 0.5) is 16.2 Å². The summed E-state index contributed by atoms with van der Waals surface area (Å²) >= 11 is 0. The molecule has 3 aromatic carbocycles. The van der Waals surface area contributed by atoms with E-state index in [4.69, 9.17) is 0 Å². The Bertz CT molecular complexity index is 1160. The molecule has 3 amide bonds. The zero-order valence-corrected chi connectivity index (χ0v) is 19.8. The molecule has 2 aliphatic heterocycles. The average molecular weight is 470 g/mol. The molecule has 7 nitrogen and oxygen atoms in total. The molecule has 2 heterocycles. The third-order valence-electron chi connectivity index (χ3n) is 6.74. The van der Waals surface area contributed by atoms with Crippen molar-refractivity contribution in [3.63, 3.8) is 0 Å². The van der Waals surface area contributed by atoms with Gasteiger partial charge in [-0.1, -0.05) is 42.5 Å². The molecule has 0 atom stereocenters. The van der Waals surface area contributed by atoms with E-state index in [2.05, 4.69) is 69.0 Å². The maximum Gasteiger partial charge on any atom is 0.321 e. The molecule has 2 saturated heterocycles. The number of para-hydroxylation sites is 1. The lowest BCUT2D eigenvalue weighted by Gasteiger charge is -2.36. The van der Waals surface area contributed by atoms with E-state index in [0.29, 0.717) is 25.2 Å². The molecule has 5 rings (SSSR count). The summed E-state index contributed by atoms with van der Waals surface area (Å²) in [5.41, 5.74) is 5.05. The molecule has 3 aromatic rings. The number of nitrogens with one attached hydrogen (secondary N) is 2. The van der Waals surface area contributed by atoms with Crippen LogP contribution in [0.1, 0.15) is 21.5 Å². The number of amides is 3. The number of carbonyl (C=O) groups excluding carboxylic acids is 2. The van der Waals surface area contributed by atoms with E-state index < -0.39 is 0 Å². The fourth-order valence-corrected chi connectivity index (χ4v) is 4.72. The van der Waals surface area contributed by atoms with E-state index in [-0.39, 0.29) is 11.9 Å². The molecule has 0 spiro atoms. The maximum atomic E-state index is 12.8. The second-order valence-electron chi connectivity index (χ2n) is 8.98. The molecule has 0 aliphatic carbocycles. The molecule has 0 saturated carbocycles. The zero-order chi connectivity index (χ0) is 24.0. The lowest BCUT2D eigenvalue weighted by molar-refractivity contribution is 0.0950. The van der Waals surface area contributed by atoms with Crippen molar-refractivity contribution in [2.75, 3.05) is 49.1 Å². The third-order valence-corrected chi connectivity index (χ3v) is 6.74. The van der Waals surface area contributed by atoms with Crippen molar-refractivity contribution in [2.45, 2.75) is 13.1 Å². The number of piperazine rings is 1. The maximum absolute atomic E-state index is 12.8. The molecule has 2 aliphatic rings. The highest BCUT2D eigenvalue weighted by Gasteiger charge is 2.21. The summed E-state index contributed by atoms with van der Waals surface area (Å²) in [4.78, 5) is 31.2. The van der Waals surface area contributed by atoms with Gasteiger partial charge in [-0.15, -0.1) is 0 Å². The first-order valence-corrected chi connectivity index (χ1v) is 12.2. The minimum atomic E-state index is -0.117. The highest BCUT2D eigenvalue weighted by Crippen LogP contribution is 2.19. The van der Waals surface area contributed by atoms with Gasteiger partial charge in [0, 0.05) is 69.3 Å². The van der Waals surface area contributed by atoms with Gasteiger partial charge in [-0.25, -0.2) is 4.79 Å². The average Bonchev–Trinajstić information content (AvgIpc) is 3.35. The van der Waals surface area contributed by atoms with Gasteiger partial charge in [-0.2, -0.15) is 0 Å². The SMILES string of the molecule is O=C(NCc1ccccc1CN1CCN(c2ccccc2)CC1)c1ccc(N2CCNC2=O)cc1. The Balaban J connectivity index is 1.15. The monoisotopic (exact) mass is 469 g/mol. The fraction of sp³-hybridized carbons (Fsp3) is 0.286. The number of hydrogen-bond donors (Lipinski definition) is 2. The Morgan fingerprint density at radius 1 is 0.771 bits per heavy atom. The van der Waals surface area contributed by atoms with E-state index in [1.807, 2.05) is 18.2 Å². The highest BCUT2D eigenvalue weighted by atomic mass is 16.2. The standard InChI is InChI=1S/C28H31N5O2/c34-27(22-10-12-26(13-11-22)33-15-14-29-28(33)35)30-20-23-6-4-5-7-24(23)21-31-16-18-32(19-17-31)25-8-2-1-3-9-25/h1-13H,14-21H2,(H,29,35)(H,30,34). The first kappa shape index (κ1) is 22.9. The fourth-order valence-electron chi connectivity index (χ4n) is 4.72. The van der Waals surface area contributed by atoms with Gasteiger partial charge in [0.15, 0.2) is 0 Å². The van der Waals surface area contributed by atoms with Crippen molar-refractivity contribution < 1.29 is 9.59 Å². The van der Waals surface area contributed by atoms with Crippen LogP contribution in [0.3, 0.4) is 0 Å². The summed E-state index contributed by atoms with van der Waals surface area (Å²) in [5.74, 6) is -0.117. The zero-order valence-electron chi connectivity index (χ0n) is 19.8. The summed E-state index contributed by atoms with van der Waals surface area (Å²) in [5, 5.41) is 5.85. The van der Waals surface area contributed by atoms with Crippen LogP contribution in [0.5, 0.6) is 0 Å². The van der Waals surface area contributed by atoms with E-state index in [1.54, 1.807) is 17.0 Å². The first-order valence-electron chi connectivity index (χ1n) is 12.2. The van der Waals surface area contributed by atoms with E-state index in [9.17, 15) is 9.59 Å². The molecule has 0 aromatic heterocycles. The van der Waals surface area contributed by atoms with Gasteiger partial charge >= 0.3 is 6.03 Å². The molecule has 0 radical (unpaired) electrons. The number of urea groups is 1. The van der Waals surface area contributed by atoms with E-state index in [0.717, 1.165) is 44.0 Å². The van der Waals surface area contributed by atoms with Gasteiger partial charge < -0.3 is 15.5 Å². The number of nitrogens with zero attached hydrogens (tertiary/aromatic N) is 3. The number of benzene rings is 3. The largest absolute Gasteiger partial charge is 0.369 e. The van der Waals surface area contributed by atoms with E-state index >= 15 is 0 Å². The number of carbonyl (C=O) groups is 2. The van der Waals surface area contributed by atoms with Gasteiger partial charge in [0.2, 0.25) is 0 Å². The highest BCUT2D eigenvalue weighted by molar-refractivity contribution is 5.97. The minimum Gasteiger partial charge on any atom is -0.369 e. The molecule has 2 fully saturated rings. The Labute approximate surface area is 206 Å². The van der Waals surface area contributed by atoms with Gasteiger partial charge in [-0.3, -0.25) is 14.6 Å². The summed E-state index contributed by atoms with van der Waals surface area (Å²) in [6, 6.07) is 26.0. The van der Waals surface area contributed by atoms with Crippen molar-refractivity contribution in [1.29, 1.82) is 0 Å². The Morgan fingerprint density at radius 3 is 2.14 bits per heavy atom. The van der Waals surface area contributed by atoms with Crippen LogP contribution in [0.2, 0.25) is 0 Å². The molecule has 180 valence electrons. The van der Waals surface area contributed by atoms with Crippen molar-refractivity contribution in [3.05, 3.63) is 95.6 Å². The van der Waals surface area contributed by atoms with E-state index in [1.165, 1.54) is 11.3 Å². The van der Waals surface area contributed by atoms with Crippen LogP contribution < -0.4 is 20.4 Å². The molecule has 7 heteroatoms. The molecular weight excluding hydrogens is 438 g/mol.